The van der Waals surface area contributed by atoms with Gasteiger partial charge in [-0.1, -0.05) is 135 Å². The van der Waals surface area contributed by atoms with E-state index in [1.165, 1.54) is 83.5 Å². The van der Waals surface area contributed by atoms with Crippen molar-refractivity contribution in [2.24, 2.45) is 23.2 Å². The minimum Gasteiger partial charge on any atom is -0.0654 e. The van der Waals surface area contributed by atoms with Gasteiger partial charge in [-0.05, 0) is 68.1 Å². The molecule has 3 aliphatic rings. The SMILES string of the molecule is CCCCCCCCCCCCCC(C1CCCCC1)(C1CCCCC1)C1CCCCC1. The van der Waals surface area contributed by atoms with Crippen molar-refractivity contribution in [3.05, 3.63) is 0 Å². The molecule has 0 aromatic rings. The summed E-state index contributed by atoms with van der Waals surface area (Å²) >= 11 is 0. The topological polar surface area (TPSA) is 0 Å². The van der Waals surface area contributed by atoms with Gasteiger partial charge in [-0.15, -0.1) is 0 Å². The van der Waals surface area contributed by atoms with Crippen LogP contribution in [0.2, 0.25) is 0 Å². The average molecular weight is 445 g/mol. The Bertz CT molecular complexity index is 387. The number of unbranched alkanes of at least 4 members (excludes halogenated alkanes) is 10. The smallest absolute Gasteiger partial charge is 0.0213 e. The summed E-state index contributed by atoms with van der Waals surface area (Å²) in [5.74, 6) is 3.27. The first kappa shape index (κ1) is 26.6. The van der Waals surface area contributed by atoms with E-state index in [-0.39, 0.29) is 0 Å². The summed E-state index contributed by atoms with van der Waals surface area (Å²) in [6.45, 7) is 2.32. The molecule has 0 heterocycles. The minimum atomic E-state index is 0.751. The van der Waals surface area contributed by atoms with E-state index in [9.17, 15) is 0 Å². The highest BCUT2D eigenvalue weighted by Gasteiger charge is 2.49. The fraction of sp³-hybridized carbons (Fsp3) is 1.00. The fourth-order valence-corrected chi connectivity index (χ4v) is 8.63. The summed E-state index contributed by atoms with van der Waals surface area (Å²) in [6, 6.07) is 0. The Hall–Kier alpha value is 0. The number of hydrogen-bond acceptors (Lipinski definition) is 0. The van der Waals surface area contributed by atoms with E-state index < -0.39 is 0 Å². The van der Waals surface area contributed by atoms with Gasteiger partial charge in [-0.25, -0.2) is 0 Å². The molecule has 0 radical (unpaired) electrons. The monoisotopic (exact) mass is 444 g/mol. The highest BCUT2D eigenvalue weighted by atomic mass is 14.5. The van der Waals surface area contributed by atoms with Crippen LogP contribution in [0.3, 0.4) is 0 Å². The van der Waals surface area contributed by atoms with Crippen LogP contribution in [-0.2, 0) is 0 Å². The second kappa shape index (κ2) is 15.8. The predicted octanol–water partition coefficient (Wildman–Crippen LogP) is 11.4. The summed E-state index contributed by atoms with van der Waals surface area (Å²) < 4.78 is 0. The molecule has 0 heteroatoms. The van der Waals surface area contributed by atoms with E-state index in [1.54, 1.807) is 89.9 Å². The third-order valence-corrected chi connectivity index (χ3v) is 10.3. The van der Waals surface area contributed by atoms with Crippen molar-refractivity contribution in [2.75, 3.05) is 0 Å². The van der Waals surface area contributed by atoms with E-state index in [0.717, 1.165) is 23.2 Å². The summed E-state index contributed by atoms with van der Waals surface area (Å²) in [7, 11) is 0. The molecule has 0 spiro atoms. The summed E-state index contributed by atoms with van der Waals surface area (Å²) in [5, 5.41) is 0. The zero-order valence-electron chi connectivity index (χ0n) is 22.3. The van der Waals surface area contributed by atoms with Crippen molar-refractivity contribution in [3.8, 4) is 0 Å². The number of hydrogen-bond donors (Lipinski definition) is 0. The van der Waals surface area contributed by atoms with Gasteiger partial charge in [0.05, 0.1) is 0 Å². The third-order valence-electron chi connectivity index (χ3n) is 10.3. The van der Waals surface area contributed by atoms with Gasteiger partial charge in [0, 0.05) is 0 Å². The molecule has 0 atom stereocenters. The van der Waals surface area contributed by atoms with Crippen LogP contribution in [0, 0.1) is 23.2 Å². The Morgan fingerprint density at radius 2 is 0.719 bits per heavy atom. The van der Waals surface area contributed by atoms with Gasteiger partial charge < -0.3 is 0 Å². The molecule has 3 rings (SSSR count). The van der Waals surface area contributed by atoms with E-state index in [1.807, 2.05) is 0 Å². The van der Waals surface area contributed by atoms with E-state index in [2.05, 4.69) is 6.92 Å². The molecule has 3 saturated carbocycles. The van der Waals surface area contributed by atoms with Gasteiger partial charge in [-0.2, -0.15) is 0 Å². The average Bonchev–Trinajstić information content (AvgIpc) is 2.87. The summed E-state index contributed by atoms with van der Waals surface area (Å²) in [6.07, 6.45) is 41.4. The first-order chi connectivity index (χ1) is 15.9. The standard InChI is InChI=1S/C32H60/c1-2-3-4-5-6-7-8-9-10-11-21-28-32(29-22-15-12-16-23-29,30-24-17-13-18-25-30)31-26-19-14-20-27-31/h29-31H,2-28H2,1H3. The van der Waals surface area contributed by atoms with Crippen molar-refractivity contribution in [1.82, 2.24) is 0 Å². The lowest BCUT2D eigenvalue weighted by Crippen LogP contribution is -2.47. The highest BCUT2D eigenvalue weighted by molar-refractivity contribution is 4.99. The second-order valence-electron chi connectivity index (χ2n) is 12.4. The Morgan fingerprint density at radius 3 is 1.06 bits per heavy atom. The van der Waals surface area contributed by atoms with Crippen LogP contribution in [0.4, 0.5) is 0 Å². The molecule has 0 amide bonds. The van der Waals surface area contributed by atoms with Crippen LogP contribution in [-0.4, -0.2) is 0 Å². The Labute approximate surface area is 203 Å². The van der Waals surface area contributed by atoms with Crippen LogP contribution >= 0.6 is 0 Å². The molecular formula is C32H60. The van der Waals surface area contributed by atoms with Gasteiger partial charge in [0.2, 0.25) is 0 Å². The van der Waals surface area contributed by atoms with Gasteiger partial charge in [0.1, 0.15) is 0 Å². The maximum absolute atomic E-state index is 2.32. The summed E-state index contributed by atoms with van der Waals surface area (Å²) in [5.41, 5.74) is 0.751. The molecule has 0 nitrogen and oxygen atoms in total. The Kier molecular flexibility index (Phi) is 13.1. The Morgan fingerprint density at radius 1 is 0.406 bits per heavy atom. The van der Waals surface area contributed by atoms with Crippen molar-refractivity contribution in [2.45, 2.75) is 180 Å². The zero-order valence-corrected chi connectivity index (χ0v) is 22.3. The molecule has 0 aliphatic heterocycles. The van der Waals surface area contributed by atoms with E-state index >= 15 is 0 Å². The predicted molar refractivity (Wildman–Crippen MR) is 143 cm³/mol. The van der Waals surface area contributed by atoms with E-state index in [0.29, 0.717) is 0 Å². The quantitative estimate of drug-likeness (QED) is 0.220. The molecule has 3 aliphatic carbocycles. The van der Waals surface area contributed by atoms with Crippen LogP contribution in [0.15, 0.2) is 0 Å². The number of rotatable bonds is 15. The molecule has 32 heavy (non-hydrogen) atoms. The maximum Gasteiger partial charge on any atom is -0.0213 e. The first-order valence-corrected chi connectivity index (χ1v) is 15.9. The highest BCUT2D eigenvalue weighted by Crippen LogP contribution is 2.59. The Balaban J connectivity index is 1.51. The van der Waals surface area contributed by atoms with Gasteiger partial charge >= 0.3 is 0 Å². The molecule has 0 unspecified atom stereocenters. The van der Waals surface area contributed by atoms with Gasteiger partial charge in [0.25, 0.3) is 0 Å². The molecule has 3 fully saturated rings. The molecule has 0 bridgehead atoms. The van der Waals surface area contributed by atoms with Crippen molar-refractivity contribution >= 4 is 0 Å². The lowest BCUT2D eigenvalue weighted by Gasteiger charge is -2.55. The molecule has 188 valence electrons. The normalized spacial score (nSPS) is 22.4. The van der Waals surface area contributed by atoms with Crippen LogP contribution in [0.25, 0.3) is 0 Å². The van der Waals surface area contributed by atoms with Crippen molar-refractivity contribution in [1.29, 1.82) is 0 Å². The third kappa shape index (κ3) is 8.05. The second-order valence-corrected chi connectivity index (χ2v) is 12.4. The van der Waals surface area contributed by atoms with Gasteiger partial charge in [-0.3, -0.25) is 0 Å². The molecular weight excluding hydrogens is 384 g/mol. The molecule has 0 aromatic carbocycles. The van der Waals surface area contributed by atoms with Crippen LogP contribution < -0.4 is 0 Å². The fourth-order valence-electron chi connectivity index (χ4n) is 8.63. The maximum atomic E-state index is 2.32. The minimum absolute atomic E-state index is 0.751. The lowest BCUT2D eigenvalue weighted by molar-refractivity contribution is -0.0571. The van der Waals surface area contributed by atoms with Crippen molar-refractivity contribution in [3.63, 3.8) is 0 Å². The largest absolute Gasteiger partial charge is 0.0654 e. The molecule has 0 N–H and O–H groups in total. The van der Waals surface area contributed by atoms with Crippen LogP contribution in [0.5, 0.6) is 0 Å². The van der Waals surface area contributed by atoms with Gasteiger partial charge in [0.15, 0.2) is 0 Å². The first-order valence-electron chi connectivity index (χ1n) is 15.9. The molecule has 0 aromatic heterocycles. The molecule has 0 saturated heterocycles. The van der Waals surface area contributed by atoms with Crippen molar-refractivity contribution < 1.29 is 0 Å². The zero-order chi connectivity index (χ0) is 22.3. The van der Waals surface area contributed by atoms with Crippen LogP contribution in [0.1, 0.15) is 180 Å². The van der Waals surface area contributed by atoms with E-state index in [4.69, 9.17) is 0 Å². The lowest BCUT2D eigenvalue weighted by atomic mass is 9.50. The summed E-state index contributed by atoms with van der Waals surface area (Å²) in [4.78, 5) is 0.